The number of hydrogen-bond donors (Lipinski definition) is 1. The van der Waals surface area contributed by atoms with Crippen LogP contribution in [-0.4, -0.2) is 64.8 Å². The van der Waals surface area contributed by atoms with Crippen LogP contribution in [0.4, 0.5) is 4.79 Å². The van der Waals surface area contributed by atoms with Crippen molar-refractivity contribution in [2.45, 2.75) is 43.7 Å². The normalized spacial score (nSPS) is 15.5. The highest BCUT2D eigenvalue weighted by Gasteiger charge is 2.36. The molecule has 0 spiro atoms. The Kier molecular flexibility index (Phi) is 8.74. The van der Waals surface area contributed by atoms with E-state index in [2.05, 4.69) is 4.72 Å². The summed E-state index contributed by atoms with van der Waals surface area (Å²) in [5, 5.41) is 0. The maximum atomic E-state index is 13.1. The van der Waals surface area contributed by atoms with Gasteiger partial charge in [-0.2, -0.15) is 4.72 Å². The molecule has 1 aliphatic heterocycles. The standard InChI is InChI=1S/C25H32N2O7S/c1-17(2)34-25(29)27-15-13-20(14-16-27)23(24(28)33-4)26-35(30,31)22-11-7-19(8-12-22)18-5-9-21(32-3)10-6-18/h5-12,17,20,23,26H,13-16H2,1-4H3. The van der Waals surface area contributed by atoms with E-state index in [9.17, 15) is 18.0 Å². The Balaban J connectivity index is 1.71. The van der Waals surface area contributed by atoms with Crippen LogP contribution in [0.3, 0.4) is 0 Å². The fourth-order valence-electron chi connectivity index (χ4n) is 4.00. The number of carbonyl (C=O) groups is 2. The molecule has 0 aliphatic carbocycles. The summed E-state index contributed by atoms with van der Waals surface area (Å²) in [6, 6.07) is 12.8. The summed E-state index contributed by atoms with van der Waals surface area (Å²) in [4.78, 5) is 26.3. The number of esters is 1. The van der Waals surface area contributed by atoms with Gasteiger partial charge in [-0.25, -0.2) is 13.2 Å². The quantitative estimate of drug-likeness (QED) is 0.548. The average molecular weight is 505 g/mol. The summed E-state index contributed by atoms with van der Waals surface area (Å²) in [5.41, 5.74) is 1.76. The van der Waals surface area contributed by atoms with E-state index in [1.807, 2.05) is 24.3 Å². The first-order valence-electron chi connectivity index (χ1n) is 11.4. The third kappa shape index (κ3) is 6.73. The zero-order valence-electron chi connectivity index (χ0n) is 20.4. The molecule has 0 saturated carbocycles. The van der Waals surface area contributed by atoms with Crippen LogP contribution in [0.5, 0.6) is 5.75 Å². The first-order valence-corrected chi connectivity index (χ1v) is 12.9. The summed E-state index contributed by atoms with van der Waals surface area (Å²) in [6.45, 7) is 4.27. The number of likely N-dealkylation sites (tertiary alicyclic amines) is 1. The van der Waals surface area contributed by atoms with E-state index in [0.29, 0.717) is 25.9 Å². The van der Waals surface area contributed by atoms with Crippen molar-refractivity contribution in [2.75, 3.05) is 27.3 Å². The van der Waals surface area contributed by atoms with Crippen LogP contribution in [0.2, 0.25) is 0 Å². The first-order chi connectivity index (χ1) is 16.6. The Morgan fingerprint density at radius 1 is 0.943 bits per heavy atom. The molecule has 0 radical (unpaired) electrons. The molecule has 2 aromatic rings. The van der Waals surface area contributed by atoms with Gasteiger partial charge in [0.05, 0.1) is 25.2 Å². The van der Waals surface area contributed by atoms with Gasteiger partial charge in [-0.05, 0) is 68.0 Å². The van der Waals surface area contributed by atoms with Gasteiger partial charge in [0.1, 0.15) is 11.8 Å². The number of rotatable bonds is 8. The second-order valence-electron chi connectivity index (χ2n) is 8.63. The van der Waals surface area contributed by atoms with Gasteiger partial charge in [-0.15, -0.1) is 0 Å². The molecule has 1 N–H and O–H groups in total. The highest BCUT2D eigenvalue weighted by atomic mass is 32.2. The number of carbonyl (C=O) groups excluding carboxylic acids is 2. The van der Waals surface area contributed by atoms with Crippen molar-refractivity contribution >= 4 is 22.1 Å². The topological polar surface area (TPSA) is 111 Å². The smallest absolute Gasteiger partial charge is 0.410 e. The number of benzene rings is 2. The van der Waals surface area contributed by atoms with Gasteiger partial charge in [0, 0.05) is 13.1 Å². The summed E-state index contributed by atoms with van der Waals surface area (Å²) in [5.74, 6) is -0.251. The fourth-order valence-corrected chi connectivity index (χ4v) is 5.25. The lowest BCUT2D eigenvalue weighted by atomic mass is 9.90. The molecule has 190 valence electrons. The number of ether oxygens (including phenoxy) is 3. The lowest BCUT2D eigenvalue weighted by molar-refractivity contribution is -0.144. The molecule has 1 heterocycles. The van der Waals surface area contributed by atoms with Crippen LogP contribution in [0, 0.1) is 5.92 Å². The van der Waals surface area contributed by atoms with Gasteiger partial charge in [-0.1, -0.05) is 24.3 Å². The molecule has 3 rings (SSSR count). The van der Waals surface area contributed by atoms with Crippen molar-refractivity contribution in [1.82, 2.24) is 9.62 Å². The first kappa shape index (κ1) is 26.5. The molecule has 0 bridgehead atoms. The molecular weight excluding hydrogens is 472 g/mol. The molecule has 10 heteroatoms. The van der Waals surface area contributed by atoms with E-state index in [-0.39, 0.29) is 16.9 Å². The molecular formula is C25H32N2O7S. The van der Waals surface area contributed by atoms with Crippen molar-refractivity contribution in [3.05, 3.63) is 48.5 Å². The van der Waals surface area contributed by atoms with Crippen LogP contribution in [-0.2, 0) is 24.3 Å². The Morgan fingerprint density at radius 3 is 1.97 bits per heavy atom. The van der Waals surface area contributed by atoms with Gasteiger partial charge >= 0.3 is 12.1 Å². The number of amides is 1. The Labute approximate surface area is 206 Å². The molecule has 9 nitrogen and oxygen atoms in total. The lowest BCUT2D eigenvalue weighted by Gasteiger charge is -2.34. The van der Waals surface area contributed by atoms with Crippen LogP contribution < -0.4 is 9.46 Å². The zero-order chi connectivity index (χ0) is 25.6. The van der Waals surface area contributed by atoms with E-state index in [4.69, 9.17) is 14.2 Å². The van der Waals surface area contributed by atoms with Crippen LogP contribution >= 0.6 is 0 Å². The number of hydrogen-bond acceptors (Lipinski definition) is 7. The number of nitrogens with one attached hydrogen (secondary N) is 1. The van der Waals surface area contributed by atoms with Crippen molar-refractivity contribution in [2.24, 2.45) is 5.92 Å². The molecule has 1 fully saturated rings. The van der Waals surface area contributed by atoms with Gasteiger partial charge in [-0.3, -0.25) is 4.79 Å². The Hall–Kier alpha value is -3.11. The fraction of sp³-hybridized carbons (Fsp3) is 0.440. The van der Waals surface area contributed by atoms with E-state index in [0.717, 1.165) is 16.9 Å². The monoisotopic (exact) mass is 504 g/mol. The highest BCUT2D eigenvalue weighted by molar-refractivity contribution is 7.89. The molecule has 1 unspecified atom stereocenters. The molecule has 0 aromatic heterocycles. The third-order valence-corrected chi connectivity index (χ3v) is 7.39. The van der Waals surface area contributed by atoms with Crippen molar-refractivity contribution in [3.8, 4) is 16.9 Å². The molecule has 1 amide bonds. The minimum atomic E-state index is -4.00. The summed E-state index contributed by atoms with van der Waals surface area (Å²) >= 11 is 0. The van der Waals surface area contributed by atoms with Crippen LogP contribution in [0.25, 0.3) is 11.1 Å². The molecule has 1 aliphatic rings. The summed E-state index contributed by atoms with van der Waals surface area (Å²) in [6.07, 6.45) is 0.231. The van der Waals surface area contributed by atoms with E-state index in [1.165, 1.54) is 19.2 Å². The maximum absolute atomic E-state index is 13.1. The lowest BCUT2D eigenvalue weighted by Crippen LogP contribution is -2.50. The van der Waals surface area contributed by atoms with Crippen molar-refractivity contribution < 1.29 is 32.2 Å². The highest BCUT2D eigenvalue weighted by Crippen LogP contribution is 2.26. The molecule has 1 atom stereocenters. The second-order valence-corrected chi connectivity index (χ2v) is 10.3. The predicted octanol–water partition coefficient (Wildman–Crippen LogP) is 3.44. The molecule has 1 saturated heterocycles. The SMILES string of the molecule is COC(=O)C(NS(=O)(=O)c1ccc(-c2ccc(OC)cc2)cc1)C1CCN(C(=O)OC(C)C)CC1. The second kappa shape index (κ2) is 11.5. The van der Waals surface area contributed by atoms with Crippen molar-refractivity contribution in [3.63, 3.8) is 0 Å². The van der Waals surface area contributed by atoms with Crippen LogP contribution in [0.15, 0.2) is 53.4 Å². The third-order valence-electron chi connectivity index (χ3n) is 5.93. The summed E-state index contributed by atoms with van der Waals surface area (Å²) < 4.78 is 44.0. The predicted molar refractivity (Wildman–Crippen MR) is 130 cm³/mol. The Morgan fingerprint density at radius 2 is 1.49 bits per heavy atom. The minimum absolute atomic E-state index is 0.0432. The Bertz CT molecular complexity index is 1110. The maximum Gasteiger partial charge on any atom is 0.410 e. The van der Waals surface area contributed by atoms with Gasteiger partial charge in [0.25, 0.3) is 0 Å². The number of methoxy groups -OCH3 is 2. The van der Waals surface area contributed by atoms with Gasteiger partial charge < -0.3 is 19.1 Å². The minimum Gasteiger partial charge on any atom is -0.497 e. The number of piperidine rings is 1. The van der Waals surface area contributed by atoms with Crippen molar-refractivity contribution in [1.29, 1.82) is 0 Å². The zero-order valence-corrected chi connectivity index (χ0v) is 21.2. The molecule has 2 aromatic carbocycles. The van der Waals surface area contributed by atoms with E-state index in [1.54, 1.807) is 38.0 Å². The van der Waals surface area contributed by atoms with Gasteiger partial charge in [0.15, 0.2) is 0 Å². The number of nitrogens with zero attached hydrogens (tertiary/aromatic N) is 1. The average Bonchev–Trinajstić information content (AvgIpc) is 2.86. The van der Waals surface area contributed by atoms with Crippen LogP contribution in [0.1, 0.15) is 26.7 Å². The molecule has 35 heavy (non-hydrogen) atoms. The summed E-state index contributed by atoms with van der Waals surface area (Å²) in [7, 11) is -1.18. The largest absolute Gasteiger partial charge is 0.497 e. The van der Waals surface area contributed by atoms with Gasteiger partial charge in [0.2, 0.25) is 10.0 Å². The van der Waals surface area contributed by atoms with E-state index >= 15 is 0 Å². The number of sulfonamides is 1. The van der Waals surface area contributed by atoms with E-state index < -0.39 is 28.1 Å².